The molecule has 0 radical (unpaired) electrons. The van der Waals surface area contributed by atoms with Gasteiger partial charge in [0.15, 0.2) is 11.5 Å². The number of urea groups is 1. The monoisotopic (exact) mass is 316 g/mol. The molecule has 2 N–H and O–H groups in total. The molecule has 3 rings (SSSR count). The fourth-order valence-corrected chi connectivity index (χ4v) is 2.42. The highest BCUT2D eigenvalue weighted by molar-refractivity contribution is 5.74. The number of fused-ring (bicyclic) bond motifs is 1. The van der Waals surface area contributed by atoms with Crippen molar-refractivity contribution in [2.45, 2.75) is 26.3 Å². The lowest BCUT2D eigenvalue weighted by Crippen LogP contribution is -2.37. The molecular weight excluding hydrogens is 296 g/mol. The molecule has 6 nitrogen and oxygen atoms in total. The fraction of sp³-hybridized carbons (Fsp3) is 0.353. The van der Waals surface area contributed by atoms with Gasteiger partial charge < -0.3 is 24.5 Å². The van der Waals surface area contributed by atoms with Gasteiger partial charge in [0.25, 0.3) is 0 Å². The third-order valence-electron chi connectivity index (χ3n) is 3.67. The summed E-state index contributed by atoms with van der Waals surface area (Å²) in [5, 5.41) is 5.69. The summed E-state index contributed by atoms with van der Waals surface area (Å²) in [6.07, 6.45) is 0.721. The van der Waals surface area contributed by atoms with Gasteiger partial charge in [0.1, 0.15) is 11.5 Å². The van der Waals surface area contributed by atoms with E-state index >= 15 is 0 Å². The summed E-state index contributed by atoms with van der Waals surface area (Å²) in [6, 6.07) is 9.16. The van der Waals surface area contributed by atoms with Crippen LogP contribution in [0.2, 0.25) is 0 Å². The maximum absolute atomic E-state index is 11.9. The van der Waals surface area contributed by atoms with Crippen LogP contribution in [0.25, 0.3) is 0 Å². The van der Waals surface area contributed by atoms with Crippen LogP contribution in [0.3, 0.4) is 0 Å². The van der Waals surface area contributed by atoms with Crippen molar-refractivity contribution in [1.29, 1.82) is 0 Å². The van der Waals surface area contributed by atoms with Gasteiger partial charge in [0, 0.05) is 6.54 Å². The van der Waals surface area contributed by atoms with Crippen molar-refractivity contribution in [1.82, 2.24) is 10.6 Å². The smallest absolute Gasteiger partial charge is 0.315 e. The lowest BCUT2D eigenvalue weighted by molar-refractivity contribution is 0.174. The fourth-order valence-electron chi connectivity index (χ4n) is 2.42. The number of benzene rings is 1. The molecule has 2 heterocycles. The Hall–Kier alpha value is -2.63. The molecule has 2 aromatic rings. The van der Waals surface area contributed by atoms with Gasteiger partial charge in [-0.1, -0.05) is 6.07 Å². The zero-order chi connectivity index (χ0) is 16.2. The molecule has 0 saturated carbocycles. The molecule has 1 atom stereocenters. The van der Waals surface area contributed by atoms with Crippen LogP contribution in [0.15, 0.2) is 34.7 Å². The third kappa shape index (κ3) is 3.77. The zero-order valence-electron chi connectivity index (χ0n) is 13.2. The summed E-state index contributed by atoms with van der Waals surface area (Å²) in [4.78, 5) is 11.9. The topological polar surface area (TPSA) is 72.7 Å². The number of rotatable bonds is 5. The Morgan fingerprint density at radius 3 is 2.83 bits per heavy atom. The summed E-state index contributed by atoms with van der Waals surface area (Å²) in [7, 11) is 0. The minimum absolute atomic E-state index is 0.172. The van der Waals surface area contributed by atoms with E-state index in [1.165, 1.54) is 0 Å². The van der Waals surface area contributed by atoms with Crippen molar-refractivity contribution in [3.05, 3.63) is 47.4 Å². The Morgan fingerprint density at radius 1 is 1.22 bits per heavy atom. The summed E-state index contributed by atoms with van der Waals surface area (Å²) < 4.78 is 16.1. The second-order valence-electron chi connectivity index (χ2n) is 5.51. The first-order valence-corrected chi connectivity index (χ1v) is 7.61. The van der Waals surface area contributed by atoms with Crippen LogP contribution >= 0.6 is 0 Å². The Labute approximate surface area is 134 Å². The number of carbonyl (C=O) groups is 1. The number of furan rings is 1. The van der Waals surface area contributed by atoms with Gasteiger partial charge in [0.2, 0.25) is 6.79 Å². The number of hydrogen-bond donors (Lipinski definition) is 2. The Morgan fingerprint density at radius 2 is 2.04 bits per heavy atom. The number of hydrogen-bond acceptors (Lipinski definition) is 4. The van der Waals surface area contributed by atoms with Crippen molar-refractivity contribution in [2.75, 3.05) is 13.3 Å². The minimum atomic E-state index is -0.215. The van der Waals surface area contributed by atoms with E-state index in [0.717, 1.165) is 35.0 Å². The SMILES string of the molecule is Cc1ccc([C@H](C)NC(=O)NCCc2ccc3c(c2)OCO3)o1. The molecule has 2 amide bonds. The number of amides is 2. The van der Waals surface area contributed by atoms with Gasteiger partial charge >= 0.3 is 6.03 Å². The predicted octanol–water partition coefficient (Wildman–Crippen LogP) is 2.92. The molecule has 0 aliphatic carbocycles. The standard InChI is InChI=1S/C17H20N2O4/c1-11-3-5-14(23-11)12(2)19-17(20)18-8-7-13-4-6-15-16(9-13)22-10-21-15/h3-6,9,12H,7-8,10H2,1-2H3,(H2,18,19,20)/t12-/m0/s1. The number of carbonyl (C=O) groups excluding carboxylic acids is 1. The molecule has 0 unspecified atom stereocenters. The predicted molar refractivity (Wildman–Crippen MR) is 84.7 cm³/mol. The van der Waals surface area contributed by atoms with Gasteiger partial charge in [-0.25, -0.2) is 4.79 Å². The first-order valence-electron chi connectivity index (χ1n) is 7.61. The molecule has 1 aromatic heterocycles. The van der Waals surface area contributed by atoms with Crippen LogP contribution in [0.4, 0.5) is 4.79 Å². The molecule has 122 valence electrons. The highest BCUT2D eigenvalue weighted by atomic mass is 16.7. The van der Waals surface area contributed by atoms with Crippen molar-refractivity contribution >= 4 is 6.03 Å². The van der Waals surface area contributed by atoms with Crippen LogP contribution < -0.4 is 20.1 Å². The van der Waals surface area contributed by atoms with Crippen LogP contribution in [-0.4, -0.2) is 19.4 Å². The van der Waals surface area contributed by atoms with Gasteiger partial charge in [-0.2, -0.15) is 0 Å². The van der Waals surface area contributed by atoms with Crippen molar-refractivity contribution < 1.29 is 18.7 Å². The van der Waals surface area contributed by atoms with Crippen LogP contribution in [0, 0.1) is 6.92 Å². The van der Waals surface area contributed by atoms with E-state index in [0.29, 0.717) is 6.54 Å². The molecule has 1 aliphatic rings. The summed E-state index contributed by atoms with van der Waals surface area (Å²) in [5.41, 5.74) is 1.09. The maximum atomic E-state index is 11.9. The molecule has 1 aliphatic heterocycles. The highest BCUT2D eigenvalue weighted by Gasteiger charge is 2.14. The van der Waals surface area contributed by atoms with Crippen LogP contribution in [0.1, 0.15) is 30.0 Å². The Kier molecular flexibility index (Phi) is 4.41. The van der Waals surface area contributed by atoms with Gasteiger partial charge in [-0.3, -0.25) is 0 Å². The second-order valence-corrected chi connectivity index (χ2v) is 5.51. The lowest BCUT2D eigenvalue weighted by atomic mass is 10.1. The summed E-state index contributed by atoms with van der Waals surface area (Å²) >= 11 is 0. The summed E-state index contributed by atoms with van der Waals surface area (Å²) in [5.74, 6) is 3.10. The first-order chi connectivity index (χ1) is 11.1. The van der Waals surface area contributed by atoms with Crippen molar-refractivity contribution in [2.24, 2.45) is 0 Å². The largest absolute Gasteiger partial charge is 0.464 e. The summed E-state index contributed by atoms with van der Waals surface area (Å²) in [6.45, 7) is 4.57. The van der Waals surface area contributed by atoms with E-state index in [1.54, 1.807) is 0 Å². The van der Waals surface area contributed by atoms with Crippen LogP contribution in [0.5, 0.6) is 11.5 Å². The minimum Gasteiger partial charge on any atom is -0.464 e. The maximum Gasteiger partial charge on any atom is 0.315 e. The zero-order valence-corrected chi connectivity index (χ0v) is 13.2. The second kappa shape index (κ2) is 6.64. The number of aryl methyl sites for hydroxylation is 1. The van der Waals surface area contributed by atoms with E-state index in [4.69, 9.17) is 13.9 Å². The Bertz CT molecular complexity index is 696. The van der Waals surface area contributed by atoms with Gasteiger partial charge in [-0.15, -0.1) is 0 Å². The lowest BCUT2D eigenvalue weighted by Gasteiger charge is -2.12. The normalized spacial score (nSPS) is 13.7. The molecule has 6 heteroatoms. The molecule has 0 spiro atoms. The average Bonchev–Trinajstić information content (AvgIpc) is 3.15. The van der Waals surface area contributed by atoms with E-state index in [9.17, 15) is 4.79 Å². The van der Waals surface area contributed by atoms with Crippen molar-refractivity contribution in [3.63, 3.8) is 0 Å². The molecule has 1 aromatic carbocycles. The van der Waals surface area contributed by atoms with E-state index in [1.807, 2.05) is 44.2 Å². The van der Waals surface area contributed by atoms with Gasteiger partial charge in [0.05, 0.1) is 6.04 Å². The molecule has 23 heavy (non-hydrogen) atoms. The van der Waals surface area contributed by atoms with Gasteiger partial charge in [-0.05, 0) is 50.1 Å². The van der Waals surface area contributed by atoms with E-state index in [-0.39, 0.29) is 18.9 Å². The molecule has 0 bridgehead atoms. The van der Waals surface area contributed by atoms with Crippen LogP contribution in [-0.2, 0) is 6.42 Å². The van der Waals surface area contributed by atoms with Crippen molar-refractivity contribution in [3.8, 4) is 11.5 Å². The average molecular weight is 316 g/mol. The highest BCUT2D eigenvalue weighted by Crippen LogP contribution is 2.32. The third-order valence-corrected chi connectivity index (χ3v) is 3.67. The molecule has 0 fully saturated rings. The number of ether oxygens (including phenoxy) is 2. The molecule has 0 saturated heterocycles. The molecular formula is C17H20N2O4. The first kappa shape index (κ1) is 15.3. The van der Waals surface area contributed by atoms with E-state index in [2.05, 4.69) is 10.6 Å². The number of nitrogens with one attached hydrogen (secondary N) is 2. The Balaban J connectivity index is 1.44. The quantitative estimate of drug-likeness (QED) is 0.889. The van der Waals surface area contributed by atoms with E-state index < -0.39 is 0 Å².